The molecular formula is C18H19F2N5O. The highest BCUT2D eigenvalue weighted by Gasteiger charge is 2.30. The van der Waals surface area contributed by atoms with Crippen LogP contribution in [-0.2, 0) is 0 Å². The Kier molecular flexibility index (Phi) is 4.50. The van der Waals surface area contributed by atoms with Crippen LogP contribution >= 0.6 is 0 Å². The molecule has 5 rings (SSSR count). The first kappa shape index (κ1) is 16.8. The molecule has 26 heavy (non-hydrogen) atoms. The lowest BCUT2D eigenvalue weighted by Gasteiger charge is -2.31. The van der Waals surface area contributed by atoms with Gasteiger partial charge in [-0.1, -0.05) is 0 Å². The van der Waals surface area contributed by atoms with Gasteiger partial charge < -0.3 is 15.1 Å². The Labute approximate surface area is 149 Å². The first-order valence-corrected chi connectivity index (χ1v) is 8.67. The molecule has 136 valence electrons. The number of carbonyl (C=O) groups excluding carboxylic acids is 1. The van der Waals surface area contributed by atoms with E-state index in [4.69, 9.17) is 0 Å². The number of fused-ring (bicyclic) bond motifs is 4. The zero-order chi connectivity index (χ0) is 18.1. The van der Waals surface area contributed by atoms with Crippen LogP contribution in [0.1, 0.15) is 23.2 Å². The van der Waals surface area contributed by atoms with Crippen molar-refractivity contribution in [1.29, 1.82) is 0 Å². The highest BCUT2D eigenvalue weighted by molar-refractivity contribution is 6.04. The van der Waals surface area contributed by atoms with Gasteiger partial charge >= 0.3 is 0 Å². The van der Waals surface area contributed by atoms with Crippen LogP contribution in [0.3, 0.4) is 0 Å². The predicted octanol–water partition coefficient (Wildman–Crippen LogP) is 2.29. The second kappa shape index (κ2) is 6.95. The number of hydrogen-bond donors (Lipinski definition) is 1. The van der Waals surface area contributed by atoms with E-state index in [-0.39, 0.29) is 5.56 Å². The molecule has 1 N–H and O–H groups in total. The molecular weight excluding hydrogens is 340 g/mol. The largest absolute Gasteiger partial charge is 0.336 e. The van der Waals surface area contributed by atoms with Gasteiger partial charge in [-0.25, -0.2) is 18.7 Å². The van der Waals surface area contributed by atoms with E-state index in [0.29, 0.717) is 17.7 Å². The third-order valence-corrected chi connectivity index (χ3v) is 4.93. The second-order valence-electron chi connectivity index (χ2n) is 6.65. The normalized spacial score (nSPS) is 22.2. The Balaban J connectivity index is 1.46. The molecule has 3 saturated heterocycles. The van der Waals surface area contributed by atoms with E-state index >= 15 is 0 Å². The molecule has 3 aliphatic rings. The molecule has 0 atom stereocenters. The van der Waals surface area contributed by atoms with Crippen molar-refractivity contribution in [2.45, 2.75) is 18.9 Å². The number of anilines is 2. The minimum atomic E-state index is -0.798. The number of carbonyl (C=O) groups is 1. The SMILES string of the molecule is O=C(Nc1cnc(N2CCN3CCC2CC3)nc1)c1cc(F)cc(F)c1. The van der Waals surface area contributed by atoms with Crippen LogP contribution in [0.25, 0.3) is 0 Å². The Bertz CT molecular complexity index is 785. The number of amides is 1. The third-order valence-electron chi connectivity index (χ3n) is 4.93. The standard InChI is InChI=1S/C18H19F2N5O/c19-13-7-12(8-14(20)9-13)17(26)23-15-10-21-18(22-11-15)25-6-5-24-3-1-16(25)2-4-24/h7-11,16H,1-6H2,(H,23,26). The average molecular weight is 359 g/mol. The van der Waals surface area contributed by atoms with E-state index in [1.807, 2.05) is 0 Å². The fraction of sp³-hybridized carbons (Fsp3) is 0.389. The summed E-state index contributed by atoms with van der Waals surface area (Å²) in [5.74, 6) is -1.56. The summed E-state index contributed by atoms with van der Waals surface area (Å²) in [4.78, 5) is 25.6. The molecule has 1 aromatic heterocycles. The van der Waals surface area contributed by atoms with E-state index < -0.39 is 17.5 Å². The molecule has 4 heterocycles. The molecule has 2 bridgehead atoms. The van der Waals surface area contributed by atoms with E-state index in [1.54, 1.807) is 0 Å². The molecule has 0 spiro atoms. The summed E-state index contributed by atoms with van der Waals surface area (Å²) >= 11 is 0. The molecule has 0 unspecified atom stereocenters. The van der Waals surface area contributed by atoms with E-state index in [9.17, 15) is 13.6 Å². The zero-order valence-electron chi connectivity index (χ0n) is 14.2. The van der Waals surface area contributed by atoms with Crippen molar-refractivity contribution in [3.63, 3.8) is 0 Å². The van der Waals surface area contributed by atoms with Gasteiger partial charge in [0, 0.05) is 43.9 Å². The minimum absolute atomic E-state index is 0.0925. The number of hydrogen-bond acceptors (Lipinski definition) is 5. The summed E-state index contributed by atoms with van der Waals surface area (Å²) in [5, 5.41) is 2.56. The van der Waals surface area contributed by atoms with Crippen molar-refractivity contribution in [1.82, 2.24) is 14.9 Å². The first-order valence-electron chi connectivity index (χ1n) is 8.67. The van der Waals surface area contributed by atoms with Gasteiger partial charge in [-0.05, 0) is 25.0 Å². The molecule has 1 aromatic carbocycles. The molecule has 1 amide bonds. The van der Waals surface area contributed by atoms with Crippen LogP contribution in [0.15, 0.2) is 30.6 Å². The quantitative estimate of drug-likeness (QED) is 0.911. The van der Waals surface area contributed by atoms with Gasteiger partial charge in [0.2, 0.25) is 5.95 Å². The van der Waals surface area contributed by atoms with Crippen molar-refractivity contribution in [2.24, 2.45) is 0 Å². The van der Waals surface area contributed by atoms with Gasteiger partial charge in [0.15, 0.2) is 0 Å². The van der Waals surface area contributed by atoms with Crippen molar-refractivity contribution in [3.8, 4) is 0 Å². The van der Waals surface area contributed by atoms with E-state index in [1.165, 1.54) is 12.4 Å². The summed E-state index contributed by atoms with van der Waals surface area (Å²) < 4.78 is 26.5. The highest BCUT2D eigenvalue weighted by atomic mass is 19.1. The third kappa shape index (κ3) is 3.50. The molecule has 6 nitrogen and oxygen atoms in total. The lowest BCUT2D eigenvalue weighted by molar-refractivity contribution is 0.102. The second-order valence-corrected chi connectivity index (χ2v) is 6.65. The minimum Gasteiger partial charge on any atom is -0.336 e. The number of piperidine rings is 1. The summed E-state index contributed by atoms with van der Waals surface area (Å²) in [6, 6.07) is 3.14. The molecule has 0 saturated carbocycles. The molecule has 8 heteroatoms. The number of halogens is 2. The molecule has 2 aromatic rings. The predicted molar refractivity (Wildman–Crippen MR) is 93.2 cm³/mol. The van der Waals surface area contributed by atoms with Crippen molar-refractivity contribution >= 4 is 17.5 Å². The van der Waals surface area contributed by atoms with Crippen molar-refractivity contribution in [2.75, 3.05) is 36.4 Å². The molecule has 3 fully saturated rings. The zero-order valence-corrected chi connectivity index (χ0v) is 14.2. The van der Waals surface area contributed by atoms with Crippen LogP contribution in [0, 0.1) is 11.6 Å². The van der Waals surface area contributed by atoms with E-state index in [2.05, 4.69) is 25.1 Å². The highest BCUT2D eigenvalue weighted by Crippen LogP contribution is 2.24. The Morgan fingerprint density at radius 1 is 1.00 bits per heavy atom. The van der Waals surface area contributed by atoms with Crippen molar-refractivity contribution in [3.05, 3.63) is 47.8 Å². The van der Waals surface area contributed by atoms with Crippen LogP contribution in [0.5, 0.6) is 0 Å². The van der Waals surface area contributed by atoms with Gasteiger partial charge in [-0.2, -0.15) is 0 Å². The van der Waals surface area contributed by atoms with Crippen LogP contribution in [-0.4, -0.2) is 53.0 Å². The van der Waals surface area contributed by atoms with Gasteiger partial charge in [0.25, 0.3) is 5.91 Å². The number of rotatable bonds is 3. The number of benzene rings is 1. The summed E-state index contributed by atoms with van der Waals surface area (Å²) in [6.07, 6.45) is 5.25. The average Bonchev–Trinajstić information content (AvgIpc) is 2.95. The number of nitrogens with one attached hydrogen (secondary N) is 1. The van der Waals surface area contributed by atoms with Crippen LogP contribution in [0.4, 0.5) is 20.4 Å². The van der Waals surface area contributed by atoms with Crippen molar-refractivity contribution < 1.29 is 13.6 Å². The summed E-state index contributed by atoms with van der Waals surface area (Å²) in [5.41, 5.74) is 0.288. The lowest BCUT2D eigenvalue weighted by Crippen LogP contribution is -2.38. The fourth-order valence-electron chi connectivity index (χ4n) is 3.57. The van der Waals surface area contributed by atoms with Gasteiger partial charge in [0.05, 0.1) is 18.1 Å². The Morgan fingerprint density at radius 3 is 2.31 bits per heavy atom. The molecule has 3 aliphatic heterocycles. The topological polar surface area (TPSA) is 61.4 Å². The maximum Gasteiger partial charge on any atom is 0.255 e. The van der Waals surface area contributed by atoms with Gasteiger partial charge in [-0.3, -0.25) is 4.79 Å². The van der Waals surface area contributed by atoms with E-state index in [0.717, 1.165) is 57.2 Å². The Hall–Kier alpha value is -2.61. The van der Waals surface area contributed by atoms with Crippen LogP contribution in [0.2, 0.25) is 0 Å². The molecule has 0 aliphatic carbocycles. The maximum absolute atomic E-state index is 13.2. The summed E-state index contributed by atoms with van der Waals surface area (Å²) in [7, 11) is 0. The monoisotopic (exact) mass is 359 g/mol. The number of aromatic nitrogens is 2. The fourth-order valence-corrected chi connectivity index (χ4v) is 3.57. The first-order chi connectivity index (χ1) is 12.6. The lowest BCUT2D eigenvalue weighted by atomic mass is 10.1. The van der Waals surface area contributed by atoms with Crippen LogP contribution < -0.4 is 10.2 Å². The Morgan fingerprint density at radius 2 is 1.65 bits per heavy atom. The number of nitrogens with zero attached hydrogens (tertiary/aromatic N) is 4. The van der Waals surface area contributed by atoms with Gasteiger partial charge in [0.1, 0.15) is 11.6 Å². The summed E-state index contributed by atoms with van der Waals surface area (Å²) in [6.45, 7) is 4.11. The smallest absolute Gasteiger partial charge is 0.255 e. The van der Waals surface area contributed by atoms with Gasteiger partial charge in [-0.15, -0.1) is 0 Å². The maximum atomic E-state index is 13.2. The molecule has 0 radical (unpaired) electrons.